The van der Waals surface area contributed by atoms with Gasteiger partial charge >= 0.3 is 11.7 Å². The number of piperidine rings is 1. The highest BCUT2D eigenvalue weighted by Gasteiger charge is 2.46. The maximum Gasteiger partial charge on any atom is 0.329 e. The van der Waals surface area contributed by atoms with Gasteiger partial charge in [-0.3, -0.25) is 48.1 Å². The number of benzene rings is 3. The zero-order valence-corrected chi connectivity index (χ0v) is 40.5. The number of fused-ring (bicyclic) bond motifs is 1. The molecule has 4 aromatic rings. The minimum Gasteiger partial charge on any atom is -0.460 e. The molecule has 6 atom stereocenters. The highest BCUT2D eigenvalue weighted by atomic mass is 16.5. The third-order valence-corrected chi connectivity index (χ3v) is 13.5. The highest BCUT2D eigenvalue weighted by Crippen LogP contribution is 2.39. The molecular weight excluding hydrogens is 899 g/mol. The SMILES string of the molecule is CC(=O)OC1Cc2cccc3c2N(C(=O)[C@H]1N)[C@H](C(=O)N[C@@H](CCC(N)=O)[C@@H](C)OCc1ccc(CCCOCCCCCOCCCc2ccc4c(c2)n(C)c(=O)n4C2CCC(=O)NC2=O)cc1)C3. The Balaban J connectivity index is 0.762. The molecule has 18 heteroatoms. The van der Waals surface area contributed by atoms with E-state index in [-0.39, 0.29) is 50.3 Å². The third kappa shape index (κ3) is 12.8. The molecule has 0 saturated carbocycles. The molecular formula is C52H67N7O11. The number of unbranched alkanes of at least 4 members (excludes halogenated alkanes) is 2. The molecule has 4 heterocycles. The molecule has 0 bridgehead atoms. The van der Waals surface area contributed by atoms with E-state index in [0.29, 0.717) is 44.1 Å². The molecule has 3 aromatic carbocycles. The van der Waals surface area contributed by atoms with E-state index in [2.05, 4.69) is 22.8 Å². The molecule has 0 radical (unpaired) electrons. The number of aromatic nitrogens is 2. The van der Waals surface area contributed by atoms with Crippen molar-refractivity contribution in [3.63, 3.8) is 0 Å². The lowest BCUT2D eigenvalue weighted by molar-refractivity contribution is -0.148. The highest BCUT2D eigenvalue weighted by molar-refractivity contribution is 6.07. The van der Waals surface area contributed by atoms with Gasteiger partial charge in [0.05, 0.1) is 35.5 Å². The number of ether oxygens (including phenoxy) is 4. The van der Waals surface area contributed by atoms with Crippen molar-refractivity contribution in [3.05, 3.63) is 99.0 Å². The molecule has 7 rings (SSSR count). The van der Waals surface area contributed by atoms with Crippen molar-refractivity contribution in [1.82, 2.24) is 19.8 Å². The van der Waals surface area contributed by atoms with Crippen molar-refractivity contribution in [1.29, 1.82) is 0 Å². The number of esters is 1. The average Bonchev–Trinajstić information content (AvgIpc) is 3.82. The van der Waals surface area contributed by atoms with E-state index in [4.69, 9.17) is 30.4 Å². The fourth-order valence-corrected chi connectivity index (χ4v) is 9.69. The van der Waals surface area contributed by atoms with E-state index < -0.39 is 66.0 Å². The predicted molar refractivity (Wildman–Crippen MR) is 260 cm³/mol. The topological polar surface area (TPSA) is 246 Å². The first-order valence-corrected chi connectivity index (χ1v) is 24.5. The van der Waals surface area contributed by atoms with Gasteiger partial charge in [-0.2, -0.15) is 0 Å². The van der Waals surface area contributed by atoms with Crippen LogP contribution in [-0.2, 0) is 87.1 Å². The van der Waals surface area contributed by atoms with Crippen LogP contribution in [-0.4, -0.2) is 101 Å². The van der Waals surface area contributed by atoms with E-state index in [9.17, 15) is 33.6 Å². The molecule has 6 N–H and O–H groups in total. The Morgan fingerprint density at radius 3 is 2.14 bits per heavy atom. The summed E-state index contributed by atoms with van der Waals surface area (Å²) in [7, 11) is 1.70. The molecule has 1 saturated heterocycles. The molecule has 0 aliphatic carbocycles. The normalized spacial score (nSPS) is 19.7. The van der Waals surface area contributed by atoms with Crippen molar-refractivity contribution in [2.24, 2.45) is 18.5 Å². The Bertz CT molecular complexity index is 2590. The predicted octanol–water partition coefficient (Wildman–Crippen LogP) is 3.52. The number of hydrogen-bond acceptors (Lipinski definition) is 12. The van der Waals surface area contributed by atoms with E-state index in [1.165, 1.54) is 22.0 Å². The number of carbonyl (C=O) groups excluding carboxylic acids is 6. The fraction of sp³-hybridized carbons (Fsp3) is 0.519. The molecule has 376 valence electrons. The summed E-state index contributed by atoms with van der Waals surface area (Å²) in [6.45, 7) is 6.07. The first-order valence-electron chi connectivity index (χ1n) is 24.5. The molecule has 18 nitrogen and oxygen atoms in total. The third-order valence-electron chi connectivity index (χ3n) is 13.5. The first-order chi connectivity index (χ1) is 33.7. The van der Waals surface area contributed by atoms with Gasteiger partial charge in [0.1, 0.15) is 24.2 Å². The Labute approximate surface area is 407 Å². The smallest absolute Gasteiger partial charge is 0.329 e. The molecule has 0 spiro atoms. The van der Waals surface area contributed by atoms with Crippen LogP contribution in [0.4, 0.5) is 5.69 Å². The molecule has 1 fully saturated rings. The molecule has 5 amide bonds. The quantitative estimate of drug-likeness (QED) is 0.0424. The minimum absolute atomic E-state index is 0.0304. The number of primary amides is 1. The Kier molecular flexibility index (Phi) is 17.8. The van der Waals surface area contributed by atoms with Gasteiger partial charge in [0.15, 0.2) is 0 Å². The van der Waals surface area contributed by atoms with Crippen LogP contribution < -0.4 is 32.7 Å². The summed E-state index contributed by atoms with van der Waals surface area (Å²) in [5, 5.41) is 5.39. The van der Waals surface area contributed by atoms with Crippen molar-refractivity contribution < 1.29 is 47.7 Å². The summed E-state index contributed by atoms with van der Waals surface area (Å²) in [5.74, 6) is -2.72. The lowest BCUT2D eigenvalue weighted by atomic mass is 9.99. The number of anilines is 1. The average molecular weight is 966 g/mol. The summed E-state index contributed by atoms with van der Waals surface area (Å²) >= 11 is 0. The molecule has 1 aromatic heterocycles. The lowest BCUT2D eigenvalue weighted by Crippen LogP contribution is -2.57. The number of amides is 5. The van der Waals surface area contributed by atoms with Gasteiger partial charge in [-0.05, 0) is 105 Å². The number of hydrogen-bond donors (Lipinski definition) is 4. The van der Waals surface area contributed by atoms with Gasteiger partial charge in [0, 0.05) is 66.1 Å². The second-order valence-corrected chi connectivity index (χ2v) is 18.7. The van der Waals surface area contributed by atoms with Gasteiger partial charge in [-0.1, -0.05) is 48.5 Å². The number of nitrogens with one attached hydrogen (secondary N) is 2. The lowest BCUT2D eigenvalue weighted by Gasteiger charge is -2.31. The zero-order valence-electron chi connectivity index (χ0n) is 40.5. The zero-order chi connectivity index (χ0) is 49.9. The van der Waals surface area contributed by atoms with Crippen LogP contribution in [0.2, 0.25) is 0 Å². The molecule has 2 unspecified atom stereocenters. The van der Waals surface area contributed by atoms with Crippen LogP contribution in [0.1, 0.15) is 105 Å². The number of nitrogens with zero attached hydrogens (tertiary/aromatic N) is 3. The monoisotopic (exact) mass is 965 g/mol. The van der Waals surface area contributed by atoms with Gasteiger partial charge in [0.2, 0.25) is 29.5 Å². The summed E-state index contributed by atoms with van der Waals surface area (Å²) in [4.78, 5) is 90.0. The summed E-state index contributed by atoms with van der Waals surface area (Å²) in [6, 6.07) is 16.3. The number of para-hydroxylation sites is 1. The van der Waals surface area contributed by atoms with E-state index in [1.807, 2.05) is 55.5 Å². The maximum atomic E-state index is 14.0. The maximum absolute atomic E-state index is 14.0. The van der Waals surface area contributed by atoms with Crippen LogP contribution in [0, 0.1) is 0 Å². The summed E-state index contributed by atoms with van der Waals surface area (Å²) in [5.41, 5.74) is 18.5. The second-order valence-electron chi connectivity index (χ2n) is 18.7. The number of imidazole rings is 1. The van der Waals surface area contributed by atoms with Gasteiger partial charge in [-0.15, -0.1) is 0 Å². The van der Waals surface area contributed by atoms with E-state index >= 15 is 0 Å². The second kappa shape index (κ2) is 24.1. The standard InChI is InChI=1S/C52H67N7O11/c1-32(39(19-22-45(53)61)55-50(64)43-29-37-12-7-13-38-30-44(70-33(2)60)47(54)51(65)59(43)48(37)38)69-31-36-16-14-34(15-17-36)10-8-26-67-24-5-4-6-25-68-27-9-11-35-18-20-40-42(28-35)57(3)52(66)58(40)41-21-23-46(62)56-49(41)63/h7,12-18,20,28,32,39,41,43-44,47H,4-6,8-11,19,21-27,29-31,54H2,1-3H3,(H2,53,61)(H,55,64)(H,56,62,63)/t32-,39+,41?,43+,44?,47+/m1/s1. The van der Waals surface area contributed by atoms with E-state index in [1.54, 1.807) is 11.6 Å². The Morgan fingerprint density at radius 1 is 0.829 bits per heavy atom. The largest absolute Gasteiger partial charge is 0.460 e. The number of nitrogens with two attached hydrogens (primary N) is 2. The van der Waals surface area contributed by atoms with E-state index in [0.717, 1.165) is 72.7 Å². The Hall–Kier alpha value is -6.21. The van der Waals surface area contributed by atoms with Gasteiger partial charge < -0.3 is 35.7 Å². The molecule has 3 aliphatic heterocycles. The molecule has 3 aliphatic rings. The van der Waals surface area contributed by atoms with Crippen molar-refractivity contribution in [3.8, 4) is 0 Å². The van der Waals surface area contributed by atoms with Crippen LogP contribution in [0.5, 0.6) is 0 Å². The van der Waals surface area contributed by atoms with Crippen LogP contribution >= 0.6 is 0 Å². The number of aryl methyl sites for hydroxylation is 3. The number of carbonyl (C=O) groups is 6. The minimum atomic E-state index is -1.15. The number of imide groups is 1. The van der Waals surface area contributed by atoms with Gasteiger partial charge in [-0.25, -0.2) is 4.79 Å². The van der Waals surface area contributed by atoms with Gasteiger partial charge in [0.25, 0.3) is 0 Å². The molecule has 70 heavy (non-hydrogen) atoms. The van der Waals surface area contributed by atoms with Crippen molar-refractivity contribution in [2.75, 3.05) is 31.3 Å². The fourth-order valence-electron chi connectivity index (χ4n) is 9.69. The summed E-state index contributed by atoms with van der Waals surface area (Å²) in [6.07, 6.45) is 6.28. The van der Waals surface area contributed by atoms with Crippen LogP contribution in [0.15, 0.2) is 65.5 Å². The van der Waals surface area contributed by atoms with Crippen LogP contribution in [0.25, 0.3) is 11.0 Å². The number of rotatable bonds is 25. The van der Waals surface area contributed by atoms with Crippen molar-refractivity contribution >= 4 is 52.2 Å². The van der Waals surface area contributed by atoms with Crippen molar-refractivity contribution in [2.45, 2.75) is 140 Å². The van der Waals surface area contributed by atoms with Crippen LogP contribution in [0.3, 0.4) is 0 Å². The first kappa shape index (κ1) is 51.6. The summed E-state index contributed by atoms with van der Waals surface area (Å²) < 4.78 is 26.5. The Morgan fingerprint density at radius 2 is 1.47 bits per heavy atom.